The Bertz CT molecular complexity index is 1220. The molecule has 1 aromatic heterocycles. The van der Waals surface area contributed by atoms with Gasteiger partial charge in [0.2, 0.25) is 12.4 Å². The van der Waals surface area contributed by atoms with Crippen LogP contribution in [-0.4, -0.2) is 51.5 Å². The Balaban J connectivity index is 0.000000724. The van der Waals surface area contributed by atoms with Crippen molar-refractivity contribution < 1.29 is 83.8 Å². The van der Waals surface area contributed by atoms with Gasteiger partial charge in [-0.2, -0.15) is 26.3 Å². The number of imidazole rings is 1. The Morgan fingerprint density at radius 3 is 1.86 bits per heavy atom. The van der Waals surface area contributed by atoms with Crippen molar-refractivity contribution in [1.82, 2.24) is 4.57 Å². The van der Waals surface area contributed by atoms with E-state index in [2.05, 4.69) is 0 Å². The molecule has 1 atom stereocenters. The number of halogens is 7. The maximum atomic E-state index is 12.0. The SMILES string of the molecule is COC(=O)C(OC(=O)Cn1cc[n+](C)c1)c1ccccc1.O=S(=O)([N-]S(=O)(=O)C(F)(F)F)C(F)(F)F.[Br-]. The standard InChI is InChI=1S/C15H17N2O4.C2F6NO4S2.BrH/c1-16-8-9-17(11-16)10-13(18)21-14(15(19)20-2)12-6-4-3-5-7-12;3-1(4,5)14(10,11)9-15(12,13)2(6,7)8;/h3-9,11,14H,10H2,1-2H3;;1H/q+1;-1;/p-1. The van der Waals surface area contributed by atoms with E-state index in [0.29, 0.717) is 5.56 Å². The zero-order chi connectivity index (χ0) is 27.9. The van der Waals surface area contributed by atoms with Crippen LogP contribution in [-0.2, 0) is 52.7 Å². The van der Waals surface area contributed by atoms with E-state index in [0.717, 1.165) is 4.13 Å². The third-order valence-corrected chi connectivity index (χ3v) is 6.42. The van der Waals surface area contributed by atoms with E-state index >= 15 is 0 Å². The van der Waals surface area contributed by atoms with E-state index in [1.165, 1.54) is 7.11 Å². The highest BCUT2D eigenvalue weighted by Gasteiger charge is 2.46. The van der Waals surface area contributed by atoms with Gasteiger partial charge in [0.15, 0.2) is 26.6 Å². The molecule has 20 heteroatoms. The van der Waals surface area contributed by atoms with E-state index in [1.54, 1.807) is 41.4 Å². The van der Waals surface area contributed by atoms with Gasteiger partial charge in [-0.1, -0.05) is 30.3 Å². The molecule has 0 fully saturated rings. The van der Waals surface area contributed by atoms with Crippen LogP contribution in [0.1, 0.15) is 11.7 Å². The van der Waals surface area contributed by atoms with Gasteiger partial charge >= 0.3 is 23.0 Å². The van der Waals surface area contributed by atoms with Crippen LogP contribution in [0.2, 0.25) is 0 Å². The molecule has 2 rings (SSSR count). The molecule has 210 valence electrons. The van der Waals surface area contributed by atoms with Crippen molar-refractivity contribution in [3.05, 3.63) is 58.7 Å². The smallest absolute Gasteiger partial charge is 0.480 e. The minimum absolute atomic E-state index is 0. The van der Waals surface area contributed by atoms with Crippen molar-refractivity contribution in [2.45, 2.75) is 23.7 Å². The molecule has 0 bridgehead atoms. The summed E-state index contributed by atoms with van der Waals surface area (Å²) in [6.45, 7) is 0.0289. The summed E-state index contributed by atoms with van der Waals surface area (Å²) in [7, 11) is -10.3. The van der Waals surface area contributed by atoms with Crippen LogP contribution in [0.4, 0.5) is 26.3 Å². The summed E-state index contributed by atoms with van der Waals surface area (Å²) >= 11 is 0. The Labute approximate surface area is 216 Å². The fraction of sp³-hybridized carbons (Fsp3) is 0.353. The lowest BCUT2D eigenvalue weighted by Crippen LogP contribution is -3.00. The van der Waals surface area contributed by atoms with Crippen molar-refractivity contribution in [2.24, 2.45) is 7.05 Å². The molecule has 1 aromatic carbocycles. The van der Waals surface area contributed by atoms with Gasteiger partial charge in [0.25, 0.3) is 0 Å². The third kappa shape index (κ3) is 10.3. The Morgan fingerprint density at radius 2 is 1.49 bits per heavy atom. The lowest BCUT2D eigenvalue weighted by molar-refractivity contribution is -0.671. The number of nitrogens with zero attached hydrogens (tertiary/aromatic N) is 3. The predicted octanol–water partition coefficient (Wildman–Crippen LogP) is -1.17. The largest absolute Gasteiger partial charge is 1.00 e. The van der Waals surface area contributed by atoms with Gasteiger partial charge in [-0.15, -0.1) is 0 Å². The van der Waals surface area contributed by atoms with Crippen molar-refractivity contribution in [3.8, 4) is 0 Å². The van der Waals surface area contributed by atoms with Gasteiger partial charge in [-0.3, -0.25) is 0 Å². The van der Waals surface area contributed by atoms with Gasteiger partial charge in [-0.25, -0.2) is 35.6 Å². The number of sulfonamides is 2. The van der Waals surface area contributed by atoms with Crippen LogP contribution in [0, 0.1) is 0 Å². The molecule has 2 aromatic rings. The third-order valence-electron chi connectivity index (χ3n) is 3.68. The number of rotatable bonds is 7. The molecule has 0 aliphatic rings. The second-order valence-electron chi connectivity index (χ2n) is 6.47. The molecule has 1 heterocycles. The molecule has 0 radical (unpaired) electrons. The second kappa shape index (κ2) is 13.2. The van der Waals surface area contributed by atoms with Crippen LogP contribution < -0.4 is 21.5 Å². The lowest BCUT2D eigenvalue weighted by Gasteiger charge is -2.22. The maximum Gasteiger partial charge on any atom is 0.480 e. The minimum atomic E-state index is -6.72. The highest BCUT2D eigenvalue weighted by atomic mass is 79.9. The molecule has 0 aliphatic heterocycles. The van der Waals surface area contributed by atoms with Gasteiger partial charge in [0.1, 0.15) is 12.4 Å². The topological polar surface area (TPSA) is 144 Å². The average molecular weight is 649 g/mol. The quantitative estimate of drug-likeness (QED) is 0.208. The second-order valence-corrected chi connectivity index (χ2v) is 9.89. The highest BCUT2D eigenvalue weighted by Crippen LogP contribution is 2.36. The van der Waals surface area contributed by atoms with Crippen molar-refractivity contribution in [1.29, 1.82) is 0 Å². The molecule has 0 saturated carbocycles. The van der Waals surface area contributed by atoms with Crippen molar-refractivity contribution >= 4 is 32.0 Å². The van der Waals surface area contributed by atoms with E-state index in [-0.39, 0.29) is 23.5 Å². The first kappa shape index (κ1) is 34.3. The number of carbonyl (C=O) groups is 2. The van der Waals surface area contributed by atoms with Crippen LogP contribution in [0.3, 0.4) is 0 Å². The number of hydrogen-bond donors (Lipinski definition) is 0. The molecular weight excluding hydrogens is 632 g/mol. The molecular formula is C17H17BrF6N3O8S2-. The summed E-state index contributed by atoms with van der Waals surface area (Å²) in [5, 5.41) is 0. The zero-order valence-corrected chi connectivity index (χ0v) is 21.7. The minimum Gasteiger partial charge on any atom is -1.00 e. The summed E-state index contributed by atoms with van der Waals surface area (Å²) in [5.74, 6) is -1.11. The first-order valence-corrected chi connectivity index (χ1v) is 11.9. The predicted molar refractivity (Wildman–Crippen MR) is 106 cm³/mol. The molecule has 11 nitrogen and oxygen atoms in total. The first-order chi connectivity index (χ1) is 16.3. The number of methoxy groups -OCH3 is 1. The van der Waals surface area contributed by atoms with Crippen LogP contribution >= 0.6 is 0 Å². The molecule has 0 N–H and O–H groups in total. The average Bonchev–Trinajstić information content (AvgIpc) is 3.14. The lowest BCUT2D eigenvalue weighted by atomic mass is 10.1. The highest BCUT2D eigenvalue weighted by molar-refractivity contribution is 8.13. The number of carbonyl (C=O) groups excluding carboxylic acids is 2. The van der Waals surface area contributed by atoms with Gasteiger partial charge in [-0.05, 0) is 0 Å². The summed E-state index contributed by atoms with van der Waals surface area (Å²) in [4.78, 5) is 23.8. The van der Waals surface area contributed by atoms with Gasteiger partial charge in [0, 0.05) is 5.56 Å². The van der Waals surface area contributed by atoms with Crippen molar-refractivity contribution in [3.63, 3.8) is 0 Å². The van der Waals surface area contributed by atoms with E-state index in [4.69, 9.17) is 9.47 Å². The summed E-state index contributed by atoms with van der Waals surface area (Å²) in [5.41, 5.74) is -11.8. The first-order valence-electron chi connectivity index (χ1n) is 9.01. The summed E-state index contributed by atoms with van der Waals surface area (Å²) < 4.78 is 123. The molecule has 0 saturated heterocycles. The number of ether oxygens (including phenoxy) is 2. The fourth-order valence-electron chi connectivity index (χ4n) is 2.11. The maximum absolute atomic E-state index is 12.0. The summed E-state index contributed by atoms with van der Waals surface area (Å²) in [6.07, 6.45) is 4.25. The van der Waals surface area contributed by atoms with E-state index < -0.39 is 49.1 Å². The summed E-state index contributed by atoms with van der Waals surface area (Å²) in [6, 6.07) is 8.78. The fourth-order valence-corrected chi connectivity index (χ4v) is 3.82. The van der Waals surface area contributed by atoms with Crippen LogP contribution in [0.5, 0.6) is 0 Å². The normalized spacial score (nSPS) is 12.9. The molecule has 0 aliphatic carbocycles. The van der Waals surface area contributed by atoms with Crippen LogP contribution in [0.15, 0.2) is 49.1 Å². The number of aromatic nitrogens is 2. The Kier molecular flexibility index (Phi) is 12.2. The molecule has 0 spiro atoms. The van der Waals surface area contributed by atoms with Crippen LogP contribution in [0.25, 0.3) is 4.13 Å². The number of aryl methyl sites for hydroxylation is 1. The number of esters is 2. The number of benzene rings is 1. The Hall–Kier alpha value is -2.71. The number of hydrogen-bond acceptors (Lipinski definition) is 8. The van der Waals surface area contributed by atoms with Gasteiger partial charge < -0.3 is 30.6 Å². The number of alkyl halides is 6. The Morgan fingerprint density at radius 1 is 1.00 bits per heavy atom. The molecule has 1 unspecified atom stereocenters. The molecule has 37 heavy (non-hydrogen) atoms. The zero-order valence-electron chi connectivity index (χ0n) is 18.5. The van der Waals surface area contributed by atoms with Crippen molar-refractivity contribution in [2.75, 3.05) is 7.11 Å². The van der Waals surface area contributed by atoms with E-state index in [1.807, 2.05) is 23.9 Å². The van der Waals surface area contributed by atoms with E-state index in [9.17, 15) is 52.8 Å². The molecule has 0 amide bonds. The monoisotopic (exact) mass is 648 g/mol. The van der Waals surface area contributed by atoms with Gasteiger partial charge in [0.05, 0.1) is 14.2 Å².